The monoisotopic (exact) mass is 285 g/mol. The van der Waals surface area contributed by atoms with E-state index in [9.17, 15) is 4.79 Å². The van der Waals surface area contributed by atoms with Crippen molar-refractivity contribution >= 4 is 17.4 Å². The first-order valence-electron chi connectivity index (χ1n) is 6.08. The van der Waals surface area contributed by atoms with E-state index in [1.165, 1.54) is 0 Å². The van der Waals surface area contributed by atoms with E-state index in [1.54, 1.807) is 49.4 Å². The third kappa shape index (κ3) is 2.98. The molecule has 0 aromatic heterocycles. The summed E-state index contributed by atoms with van der Waals surface area (Å²) in [5.41, 5.74) is 0.808. The minimum atomic E-state index is -0.692. The van der Waals surface area contributed by atoms with E-state index in [0.717, 1.165) is 0 Å². The van der Waals surface area contributed by atoms with Gasteiger partial charge in [-0.3, -0.25) is 4.79 Å². The van der Waals surface area contributed by atoms with Crippen LogP contribution in [0.25, 0.3) is 0 Å². The molecule has 0 fully saturated rings. The average molecular weight is 286 g/mol. The molecule has 0 radical (unpaired) electrons. The molecule has 2 aromatic rings. The first-order chi connectivity index (χ1) is 9.63. The normalized spacial score (nSPS) is 11.4. The molecule has 1 atom stereocenters. The maximum absolute atomic E-state index is 12.2. The predicted molar refractivity (Wildman–Crippen MR) is 77.0 cm³/mol. The van der Waals surface area contributed by atoms with Gasteiger partial charge in [0.25, 0.3) is 0 Å². The molecular weight excluding hydrogens is 274 g/mol. The lowest BCUT2D eigenvalue weighted by molar-refractivity contribution is 0.0818. The lowest BCUT2D eigenvalue weighted by Gasteiger charge is -2.15. The van der Waals surface area contributed by atoms with Crippen LogP contribution in [0.3, 0.4) is 0 Å². The van der Waals surface area contributed by atoms with Crippen molar-refractivity contribution in [1.82, 2.24) is 0 Å². The van der Waals surface area contributed by atoms with Crippen molar-refractivity contribution in [2.45, 2.75) is 13.0 Å². The second-order valence-electron chi connectivity index (χ2n) is 4.22. The summed E-state index contributed by atoms with van der Waals surface area (Å²) in [6, 6.07) is 15.8. The Labute approximate surface area is 122 Å². The van der Waals surface area contributed by atoms with Gasteiger partial charge >= 0.3 is 0 Å². The van der Waals surface area contributed by atoms with Crippen LogP contribution in [0.5, 0.6) is 5.75 Å². The van der Waals surface area contributed by atoms with Crippen LogP contribution < -0.4 is 4.74 Å². The van der Waals surface area contributed by atoms with Crippen LogP contribution in [-0.4, -0.2) is 11.9 Å². The van der Waals surface area contributed by atoms with Crippen molar-refractivity contribution in [1.29, 1.82) is 5.26 Å². The van der Waals surface area contributed by atoms with Crippen LogP contribution in [0, 0.1) is 11.3 Å². The van der Waals surface area contributed by atoms with Crippen molar-refractivity contribution in [2.24, 2.45) is 0 Å². The van der Waals surface area contributed by atoms with E-state index in [1.807, 2.05) is 12.1 Å². The Kier molecular flexibility index (Phi) is 4.39. The molecule has 4 heteroatoms. The predicted octanol–water partition coefficient (Wildman–Crippen LogP) is 3.86. The van der Waals surface area contributed by atoms with Gasteiger partial charge in [-0.1, -0.05) is 48.0 Å². The Morgan fingerprint density at radius 2 is 1.90 bits per heavy atom. The molecule has 0 heterocycles. The highest BCUT2D eigenvalue weighted by Crippen LogP contribution is 2.26. The number of nitrogens with zero attached hydrogens (tertiary/aromatic N) is 1. The molecule has 0 saturated carbocycles. The standard InChI is InChI=1S/C16H12ClNO2/c1-11(16(19)12-6-3-2-4-7-12)20-15-9-5-8-14(17)13(15)10-18/h2-9,11H,1H3. The summed E-state index contributed by atoms with van der Waals surface area (Å²) in [5.74, 6) is 0.172. The lowest BCUT2D eigenvalue weighted by Crippen LogP contribution is -2.24. The first kappa shape index (κ1) is 14.1. The van der Waals surface area contributed by atoms with Gasteiger partial charge in [0.15, 0.2) is 6.10 Å². The number of nitriles is 1. The number of Topliss-reactive ketones (excluding diaryl/α,β-unsaturated/α-hetero) is 1. The minimum absolute atomic E-state index is 0.144. The van der Waals surface area contributed by atoms with Crippen molar-refractivity contribution in [3.05, 3.63) is 64.7 Å². The molecular formula is C16H12ClNO2. The average Bonchev–Trinajstić information content (AvgIpc) is 2.47. The molecule has 0 saturated heterocycles. The molecule has 0 aliphatic rings. The second kappa shape index (κ2) is 6.23. The molecule has 0 aliphatic heterocycles. The zero-order valence-corrected chi connectivity index (χ0v) is 11.6. The van der Waals surface area contributed by atoms with Gasteiger partial charge in [-0.15, -0.1) is 0 Å². The third-order valence-corrected chi connectivity index (χ3v) is 3.13. The van der Waals surface area contributed by atoms with Gasteiger partial charge in [0, 0.05) is 5.56 Å². The number of hydrogen-bond donors (Lipinski definition) is 0. The molecule has 0 N–H and O–H groups in total. The summed E-state index contributed by atoms with van der Waals surface area (Å²) in [5, 5.41) is 9.38. The Hall–Kier alpha value is -2.31. The number of rotatable bonds is 4. The molecule has 100 valence electrons. The van der Waals surface area contributed by atoms with Crippen LogP contribution >= 0.6 is 11.6 Å². The Morgan fingerprint density at radius 3 is 2.55 bits per heavy atom. The minimum Gasteiger partial charge on any atom is -0.481 e. The highest BCUT2D eigenvalue weighted by molar-refractivity contribution is 6.31. The number of halogens is 1. The summed E-state index contributed by atoms with van der Waals surface area (Å²) in [4.78, 5) is 12.2. The molecule has 0 amide bonds. The summed E-state index contributed by atoms with van der Waals surface area (Å²) < 4.78 is 5.58. The molecule has 1 unspecified atom stereocenters. The summed E-state index contributed by atoms with van der Waals surface area (Å²) in [6.45, 7) is 1.65. The van der Waals surface area contributed by atoms with E-state index in [2.05, 4.69) is 0 Å². The van der Waals surface area contributed by atoms with Crippen molar-refractivity contribution in [2.75, 3.05) is 0 Å². The number of carbonyl (C=O) groups excluding carboxylic acids is 1. The first-order valence-corrected chi connectivity index (χ1v) is 6.46. The highest BCUT2D eigenvalue weighted by atomic mass is 35.5. The number of hydrogen-bond acceptors (Lipinski definition) is 3. The quantitative estimate of drug-likeness (QED) is 0.802. The smallest absolute Gasteiger partial charge is 0.202 e. The van der Waals surface area contributed by atoms with E-state index >= 15 is 0 Å². The van der Waals surface area contributed by atoms with Gasteiger partial charge in [0.1, 0.15) is 17.4 Å². The molecule has 0 bridgehead atoms. The fourth-order valence-electron chi connectivity index (χ4n) is 1.79. The fourth-order valence-corrected chi connectivity index (χ4v) is 2.00. The van der Waals surface area contributed by atoms with E-state index in [4.69, 9.17) is 21.6 Å². The summed E-state index contributed by atoms with van der Waals surface area (Å²) in [7, 11) is 0. The van der Waals surface area contributed by atoms with Crippen molar-refractivity contribution < 1.29 is 9.53 Å². The van der Waals surface area contributed by atoms with Gasteiger partial charge in [-0.25, -0.2) is 0 Å². The second-order valence-corrected chi connectivity index (χ2v) is 4.62. The summed E-state index contributed by atoms with van der Waals surface area (Å²) in [6.07, 6.45) is -0.692. The fraction of sp³-hybridized carbons (Fsp3) is 0.125. The highest BCUT2D eigenvalue weighted by Gasteiger charge is 2.18. The number of benzene rings is 2. The lowest BCUT2D eigenvalue weighted by atomic mass is 10.1. The van der Waals surface area contributed by atoms with Gasteiger partial charge in [0.2, 0.25) is 5.78 Å². The molecule has 0 spiro atoms. The largest absolute Gasteiger partial charge is 0.481 e. The van der Waals surface area contributed by atoms with E-state index in [0.29, 0.717) is 16.3 Å². The SMILES string of the molecule is CC(Oc1cccc(Cl)c1C#N)C(=O)c1ccccc1. The van der Waals surface area contributed by atoms with Gasteiger partial charge < -0.3 is 4.74 Å². The molecule has 2 rings (SSSR count). The van der Waals surface area contributed by atoms with Gasteiger partial charge in [-0.05, 0) is 19.1 Å². The van der Waals surface area contributed by atoms with Gasteiger partial charge in [0.05, 0.1) is 5.02 Å². The van der Waals surface area contributed by atoms with Gasteiger partial charge in [-0.2, -0.15) is 5.26 Å². The number of ketones is 1. The molecule has 20 heavy (non-hydrogen) atoms. The molecule has 0 aliphatic carbocycles. The van der Waals surface area contributed by atoms with E-state index < -0.39 is 6.10 Å². The Balaban J connectivity index is 2.21. The van der Waals surface area contributed by atoms with Crippen LogP contribution in [0.4, 0.5) is 0 Å². The van der Waals surface area contributed by atoms with Crippen LogP contribution in [0.15, 0.2) is 48.5 Å². The van der Waals surface area contributed by atoms with Crippen LogP contribution in [0.1, 0.15) is 22.8 Å². The molecule has 2 aromatic carbocycles. The van der Waals surface area contributed by atoms with Crippen LogP contribution in [-0.2, 0) is 0 Å². The maximum atomic E-state index is 12.2. The third-order valence-electron chi connectivity index (χ3n) is 2.82. The summed E-state index contributed by atoms with van der Waals surface area (Å²) >= 11 is 5.92. The zero-order chi connectivity index (χ0) is 14.5. The Morgan fingerprint density at radius 1 is 1.20 bits per heavy atom. The Bertz CT molecular complexity index is 662. The number of ether oxygens (including phenoxy) is 1. The van der Waals surface area contributed by atoms with Crippen LogP contribution in [0.2, 0.25) is 5.02 Å². The number of carbonyl (C=O) groups is 1. The topological polar surface area (TPSA) is 50.1 Å². The zero-order valence-electron chi connectivity index (χ0n) is 10.8. The van der Waals surface area contributed by atoms with E-state index in [-0.39, 0.29) is 11.3 Å². The molecule has 3 nitrogen and oxygen atoms in total. The van der Waals surface area contributed by atoms with Crippen molar-refractivity contribution in [3.8, 4) is 11.8 Å². The van der Waals surface area contributed by atoms with Crippen molar-refractivity contribution in [3.63, 3.8) is 0 Å². The maximum Gasteiger partial charge on any atom is 0.202 e.